The van der Waals surface area contributed by atoms with E-state index in [0.717, 1.165) is 58.6 Å². The van der Waals surface area contributed by atoms with Crippen LogP contribution in [0.2, 0.25) is 0 Å². The monoisotopic (exact) mass is 416 g/mol. The highest BCUT2D eigenvalue weighted by Crippen LogP contribution is 2.38. The summed E-state index contributed by atoms with van der Waals surface area (Å²) < 4.78 is 7.91. The number of hydrogen-bond donors (Lipinski definition) is 1. The average Bonchev–Trinajstić information content (AvgIpc) is 3.40. The molecule has 0 bridgehead atoms. The number of nitrogens with one attached hydrogen (secondary N) is 1. The topological polar surface area (TPSA) is 97.6 Å². The SMILES string of the molecule is CC(C)Oc1ccc2[nH]nc(-c3cc(N4CCn5nc(C6CC6)nc5C4)ncn3)c2c1. The van der Waals surface area contributed by atoms with Gasteiger partial charge in [-0.2, -0.15) is 10.2 Å². The zero-order valence-electron chi connectivity index (χ0n) is 17.6. The standard InChI is InChI=1S/C22H24N8O/c1-13(2)31-15-5-6-17-16(9-15)21(27-26-17)18-10-19(24-12-23-18)29-7-8-30-20(11-29)25-22(28-30)14-3-4-14/h5-6,9-10,12-14H,3-4,7-8,11H2,1-2H3,(H,26,27). The first-order valence-electron chi connectivity index (χ1n) is 10.8. The van der Waals surface area contributed by atoms with Crippen molar-refractivity contribution in [2.75, 3.05) is 11.4 Å². The van der Waals surface area contributed by atoms with Crippen LogP contribution in [0.5, 0.6) is 5.75 Å². The van der Waals surface area contributed by atoms with Gasteiger partial charge in [-0.25, -0.2) is 19.6 Å². The second-order valence-corrected chi connectivity index (χ2v) is 8.51. The Bertz CT molecular complexity index is 1260. The smallest absolute Gasteiger partial charge is 0.154 e. The molecule has 1 aromatic carbocycles. The van der Waals surface area contributed by atoms with E-state index in [1.165, 1.54) is 12.8 Å². The molecule has 2 aliphatic rings. The molecule has 1 fully saturated rings. The first kappa shape index (κ1) is 18.3. The molecule has 9 heteroatoms. The van der Waals surface area contributed by atoms with Crippen molar-refractivity contribution < 1.29 is 4.74 Å². The minimum absolute atomic E-state index is 0.111. The summed E-state index contributed by atoms with van der Waals surface area (Å²) in [5.41, 5.74) is 2.53. The number of anilines is 1. The van der Waals surface area contributed by atoms with Gasteiger partial charge in [0.1, 0.15) is 29.4 Å². The molecule has 1 aliphatic carbocycles. The normalized spacial score (nSPS) is 16.2. The number of nitrogens with zero attached hydrogens (tertiary/aromatic N) is 7. The molecule has 6 rings (SSSR count). The van der Waals surface area contributed by atoms with Gasteiger partial charge in [0.25, 0.3) is 0 Å². The summed E-state index contributed by atoms with van der Waals surface area (Å²) >= 11 is 0. The minimum atomic E-state index is 0.111. The molecular formula is C22H24N8O. The maximum absolute atomic E-state index is 5.86. The summed E-state index contributed by atoms with van der Waals surface area (Å²) in [5, 5.41) is 13.3. The quantitative estimate of drug-likeness (QED) is 0.533. The molecule has 1 N–H and O–H groups in total. The van der Waals surface area contributed by atoms with Crippen LogP contribution in [-0.2, 0) is 13.1 Å². The van der Waals surface area contributed by atoms with E-state index < -0.39 is 0 Å². The lowest BCUT2D eigenvalue weighted by atomic mass is 10.1. The Balaban J connectivity index is 1.31. The fourth-order valence-corrected chi connectivity index (χ4v) is 4.05. The molecule has 3 aromatic heterocycles. The molecule has 1 aliphatic heterocycles. The molecule has 0 amide bonds. The van der Waals surface area contributed by atoms with E-state index in [-0.39, 0.29) is 6.10 Å². The minimum Gasteiger partial charge on any atom is -0.491 e. The summed E-state index contributed by atoms with van der Waals surface area (Å²) in [6.07, 6.45) is 4.14. The average molecular weight is 416 g/mol. The molecule has 31 heavy (non-hydrogen) atoms. The predicted octanol–water partition coefficient (Wildman–Crippen LogP) is 3.30. The number of benzene rings is 1. The van der Waals surface area contributed by atoms with E-state index >= 15 is 0 Å². The van der Waals surface area contributed by atoms with Crippen LogP contribution >= 0.6 is 0 Å². The largest absolute Gasteiger partial charge is 0.491 e. The summed E-state index contributed by atoms with van der Waals surface area (Å²) in [5.74, 6) is 4.27. The van der Waals surface area contributed by atoms with Gasteiger partial charge in [0.15, 0.2) is 5.82 Å². The molecule has 1 saturated carbocycles. The molecular weight excluding hydrogens is 392 g/mol. The van der Waals surface area contributed by atoms with Crippen molar-refractivity contribution in [1.29, 1.82) is 0 Å². The van der Waals surface area contributed by atoms with Crippen molar-refractivity contribution in [1.82, 2.24) is 34.9 Å². The Morgan fingerprint density at radius 1 is 1.13 bits per heavy atom. The highest BCUT2D eigenvalue weighted by atomic mass is 16.5. The van der Waals surface area contributed by atoms with Crippen molar-refractivity contribution in [3.63, 3.8) is 0 Å². The number of fused-ring (bicyclic) bond motifs is 2. The van der Waals surface area contributed by atoms with Crippen LogP contribution in [0.25, 0.3) is 22.3 Å². The van der Waals surface area contributed by atoms with Crippen LogP contribution in [0.4, 0.5) is 5.82 Å². The maximum atomic E-state index is 5.86. The number of rotatable bonds is 5. The van der Waals surface area contributed by atoms with Crippen molar-refractivity contribution in [2.45, 2.75) is 51.8 Å². The first-order chi connectivity index (χ1) is 15.1. The molecule has 0 unspecified atom stereocenters. The highest BCUT2D eigenvalue weighted by Gasteiger charge is 2.30. The van der Waals surface area contributed by atoms with Gasteiger partial charge in [-0.05, 0) is 44.9 Å². The Hall–Kier alpha value is -3.49. The van der Waals surface area contributed by atoms with E-state index in [1.807, 2.05) is 42.8 Å². The van der Waals surface area contributed by atoms with Crippen molar-refractivity contribution in [3.05, 3.63) is 42.2 Å². The summed E-state index contributed by atoms with van der Waals surface area (Å²) in [6.45, 7) is 6.39. The van der Waals surface area contributed by atoms with Gasteiger partial charge in [0, 0.05) is 23.9 Å². The van der Waals surface area contributed by atoms with Crippen LogP contribution in [-0.4, -0.2) is 47.6 Å². The van der Waals surface area contributed by atoms with Crippen LogP contribution in [0.3, 0.4) is 0 Å². The van der Waals surface area contributed by atoms with Crippen LogP contribution in [0, 0.1) is 0 Å². The second kappa shape index (κ2) is 7.04. The van der Waals surface area contributed by atoms with Crippen LogP contribution < -0.4 is 9.64 Å². The van der Waals surface area contributed by atoms with Gasteiger partial charge in [0.2, 0.25) is 0 Å². The van der Waals surface area contributed by atoms with Crippen molar-refractivity contribution >= 4 is 16.7 Å². The lowest BCUT2D eigenvalue weighted by Crippen LogP contribution is -2.34. The van der Waals surface area contributed by atoms with Crippen molar-refractivity contribution in [3.8, 4) is 17.1 Å². The molecule has 9 nitrogen and oxygen atoms in total. The Labute approximate surface area is 179 Å². The van der Waals surface area contributed by atoms with Gasteiger partial charge in [-0.15, -0.1) is 0 Å². The second-order valence-electron chi connectivity index (χ2n) is 8.51. The molecule has 0 atom stereocenters. The third-order valence-electron chi connectivity index (χ3n) is 5.75. The molecule has 4 heterocycles. The van der Waals surface area contributed by atoms with Crippen molar-refractivity contribution in [2.24, 2.45) is 0 Å². The number of ether oxygens (including phenoxy) is 1. The Kier molecular flexibility index (Phi) is 4.15. The van der Waals surface area contributed by atoms with E-state index in [1.54, 1.807) is 6.33 Å². The molecule has 0 saturated heterocycles. The third kappa shape index (κ3) is 3.39. The predicted molar refractivity (Wildman–Crippen MR) is 116 cm³/mol. The van der Waals surface area contributed by atoms with Gasteiger partial charge >= 0.3 is 0 Å². The fraction of sp³-hybridized carbons (Fsp3) is 0.409. The van der Waals surface area contributed by atoms with E-state index in [2.05, 4.69) is 30.2 Å². The van der Waals surface area contributed by atoms with Gasteiger partial charge in [0.05, 0.1) is 30.4 Å². The number of hydrogen-bond acceptors (Lipinski definition) is 7. The Morgan fingerprint density at radius 3 is 2.87 bits per heavy atom. The van der Waals surface area contributed by atoms with E-state index in [4.69, 9.17) is 9.72 Å². The zero-order chi connectivity index (χ0) is 20.9. The fourth-order valence-electron chi connectivity index (χ4n) is 4.05. The van der Waals surface area contributed by atoms with E-state index in [0.29, 0.717) is 12.5 Å². The highest BCUT2D eigenvalue weighted by molar-refractivity contribution is 5.93. The summed E-state index contributed by atoms with van der Waals surface area (Å²) in [7, 11) is 0. The first-order valence-corrected chi connectivity index (χ1v) is 10.8. The van der Waals surface area contributed by atoms with Crippen LogP contribution in [0.1, 0.15) is 44.3 Å². The Morgan fingerprint density at radius 2 is 2.03 bits per heavy atom. The molecule has 0 radical (unpaired) electrons. The molecule has 158 valence electrons. The lowest BCUT2D eigenvalue weighted by molar-refractivity contribution is 0.243. The van der Waals surface area contributed by atoms with Gasteiger partial charge in [-0.1, -0.05) is 0 Å². The molecule has 0 spiro atoms. The summed E-state index contributed by atoms with van der Waals surface area (Å²) in [4.78, 5) is 16.0. The number of aromatic nitrogens is 7. The lowest BCUT2D eigenvalue weighted by Gasteiger charge is -2.27. The number of aromatic amines is 1. The zero-order valence-corrected chi connectivity index (χ0v) is 17.6. The van der Waals surface area contributed by atoms with E-state index in [9.17, 15) is 0 Å². The molecule has 4 aromatic rings. The van der Waals surface area contributed by atoms with Crippen LogP contribution in [0.15, 0.2) is 30.6 Å². The van der Waals surface area contributed by atoms with Gasteiger partial charge in [-0.3, -0.25) is 5.10 Å². The third-order valence-corrected chi connectivity index (χ3v) is 5.75. The number of H-pyrrole nitrogens is 1. The van der Waals surface area contributed by atoms with Gasteiger partial charge < -0.3 is 9.64 Å². The maximum Gasteiger partial charge on any atom is 0.154 e. The summed E-state index contributed by atoms with van der Waals surface area (Å²) in [6, 6.07) is 7.95.